The van der Waals surface area contributed by atoms with E-state index in [2.05, 4.69) is 10.2 Å². The molecular weight excluding hydrogens is 450 g/mol. The number of nitrogens with one attached hydrogen (secondary N) is 1. The van der Waals surface area contributed by atoms with Gasteiger partial charge < -0.3 is 10.2 Å². The number of hydrogen-bond donors (Lipinski definition) is 1. The average Bonchev–Trinajstić information content (AvgIpc) is 2.70. The maximum absolute atomic E-state index is 12.6. The van der Waals surface area contributed by atoms with Gasteiger partial charge in [0.1, 0.15) is 0 Å². The summed E-state index contributed by atoms with van der Waals surface area (Å²) in [5.74, 6) is -0.0669. The Kier molecular flexibility index (Phi) is 8.52. The molecule has 3 nitrogen and oxygen atoms in total. The number of likely N-dealkylation sites (tertiary alicyclic amines) is 1. The first-order chi connectivity index (χ1) is 13.9. The maximum Gasteiger partial charge on any atom is 0.251 e. The largest absolute Gasteiger partial charge is 0.351 e. The van der Waals surface area contributed by atoms with Gasteiger partial charge in [-0.1, -0.05) is 58.9 Å². The van der Waals surface area contributed by atoms with Gasteiger partial charge in [-0.05, 0) is 74.8 Å². The second-order valence-corrected chi connectivity index (χ2v) is 9.12. The topological polar surface area (TPSA) is 32.3 Å². The first kappa shape index (κ1) is 22.7. The Morgan fingerprint density at radius 1 is 0.931 bits per heavy atom. The van der Waals surface area contributed by atoms with E-state index in [1.54, 1.807) is 18.2 Å². The number of halogens is 4. The third-order valence-electron chi connectivity index (χ3n) is 5.29. The number of carbonyl (C=O) groups excluding carboxylic acids is 1. The lowest BCUT2D eigenvalue weighted by atomic mass is 9.94. The number of nitrogens with zero attached hydrogens (tertiary/aromatic N) is 1. The van der Waals surface area contributed by atoms with Crippen LogP contribution < -0.4 is 5.32 Å². The van der Waals surface area contributed by atoms with Crippen LogP contribution in [0.2, 0.25) is 20.1 Å². The molecule has 0 saturated carbocycles. The minimum absolute atomic E-state index is 0.130. The minimum atomic E-state index is -0.197. The number of piperidine rings is 1. The minimum Gasteiger partial charge on any atom is -0.351 e. The molecule has 1 fully saturated rings. The molecule has 1 aliphatic heterocycles. The highest BCUT2D eigenvalue weighted by Crippen LogP contribution is 2.28. The van der Waals surface area contributed by atoms with E-state index in [1.165, 1.54) is 19.3 Å². The van der Waals surface area contributed by atoms with Gasteiger partial charge in [0, 0.05) is 28.1 Å². The summed E-state index contributed by atoms with van der Waals surface area (Å²) in [7, 11) is 0. The molecule has 0 radical (unpaired) electrons. The molecule has 29 heavy (non-hydrogen) atoms. The Labute approximate surface area is 192 Å². The normalized spacial score (nSPS) is 15.9. The maximum atomic E-state index is 12.6. The van der Waals surface area contributed by atoms with E-state index in [0.29, 0.717) is 32.2 Å². The van der Waals surface area contributed by atoms with Crippen LogP contribution in [0.25, 0.3) is 0 Å². The van der Waals surface area contributed by atoms with E-state index in [4.69, 9.17) is 46.4 Å². The standard InChI is InChI=1S/C22H24Cl4N2O/c23-18-10-17(11-19(24)13-18)22(29)27-14-16(6-9-28-7-2-1-3-8-28)15-4-5-20(25)21(26)12-15/h4-5,10-13,16H,1-3,6-9,14H2,(H,27,29). The fourth-order valence-electron chi connectivity index (χ4n) is 3.68. The average molecular weight is 474 g/mol. The van der Waals surface area contributed by atoms with Gasteiger partial charge in [0.05, 0.1) is 10.0 Å². The molecule has 1 N–H and O–H groups in total. The number of hydrogen-bond acceptors (Lipinski definition) is 2. The fraction of sp³-hybridized carbons (Fsp3) is 0.409. The van der Waals surface area contributed by atoms with Crippen molar-refractivity contribution in [3.63, 3.8) is 0 Å². The van der Waals surface area contributed by atoms with Gasteiger partial charge in [-0.25, -0.2) is 0 Å². The quantitative estimate of drug-likeness (QED) is 0.485. The lowest BCUT2D eigenvalue weighted by Gasteiger charge is -2.28. The molecule has 0 aromatic heterocycles. The number of carbonyl (C=O) groups is 1. The van der Waals surface area contributed by atoms with Gasteiger partial charge in [-0.3, -0.25) is 4.79 Å². The summed E-state index contributed by atoms with van der Waals surface area (Å²) in [5, 5.41) is 4.96. The highest BCUT2D eigenvalue weighted by atomic mass is 35.5. The van der Waals surface area contributed by atoms with Gasteiger partial charge in [0.2, 0.25) is 0 Å². The van der Waals surface area contributed by atoms with Crippen molar-refractivity contribution >= 4 is 52.3 Å². The van der Waals surface area contributed by atoms with Gasteiger partial charge >= 0.3 is 0 Å². The van der Waals surface area contributed by atoms with Crippen LogP contribution in [0.1, 0.15) is 47.5 Å². The number of benzene rings is 2. The van der Waals surface area contributed by atoms with Crippen molar-refractivity contribution in [1.29, 1.82) is 0 Å². The van der Waals surface area contributed by atoms with Crippen molar-refractivity contribution in [3.05, 3.63) is 67.6 Å². The second kappa shape index (κ2) is 10.9. The molecule has 2 aromatic rings. The summed E-state index contributed by atoms with van der Waals surface area (Å²) in [6.07, 6.45) is 4.74. The summed E-state index contributed by atoms with van der Waals surface area (Å²) in [6, 6.07) is 10.5. The summed E-state index contributed by atoms with van der Waals surface area (Å²) in [5.41, 5.74) is 1.52. The Bertz CT molecular complexity index is 832. The first-order valence-electron chi connectivity index (χ1n) is 9.84. The van der Waals surface area contributed by atoms with E-state index >= 15 is 0 Å². The zero-order valence-corrected chi connectivity index (χ0v) is 19.1. The lowest BCUT2D eigenvalue weighted by molar-refractivity contribution is 0.0949. The summed E-state index contributed by atoms with van der Waals surface area (Å²) in [4.78, 5) is 15.1. The van der Waals surface area contributed by atoms with Crippen molar-refractivity contribution in [2.45, 2.75) is 31.6 Å². The van der Waals surface area contributed by atoms with Crippen molar-refractivity contribution in [3.8, 4) is 0 Å². The molecular formula is C22H24Cl4N2O. The molecule has 0 bridgehead atoms. The third-order valence-corrected chi connectivity index (χ3v) is 6.47. The first-order valence-corrected chi connectivity index (χ1v) is 11.3. The molecule has 3 rings (SSSR count). The highest BCUT2D eigenvalue weighted by Gasteiger charge is 2.18. The zero-order chi connectivity index (χ0) is 20.8. The number of amides is 1. The van der Waals surface area contributed by atoms with E-state index in [-0.39, 0.29) is 11.8 Å². The molecule has 1 amide bonds. The predicted octanol–water partition coefficient (Wildman–Crippen LogP) is 6.69. The van der Waals surface area contributed by atoms with Crippen LogP contribution in [0.3, 0.4) is 0 Å². The van der Waals surface area contributed by atoms with E-state index in [1.807, 2.05) is 18.2 Å². The molecule has 1 heterocycles. The second-order valence-electron chi connectivity index (χ2n) is 7.43. The molecule has 0 aliphatic carbocycles. The summed E-state index contributed by atoms with van der Waals surface area (Å²) in [6.45, 7) is 3.77. The van der Waals surface area contributed by atoms with Crippen LogP contribution >= 0.6 is 46.4 Å². The monoisotopic (exact) mass is 472 g/mol. The van der Waals surface area contributed by atoms with Crippen LogP contribution in [0.5, 0.6) is 0 Å². The molecule has 7 heteroatoms. The highest BCUT2D eigenvalue weighted by molar-refractivity contribution is 6.42. The molecule has 2 aromatic carbocycles. The van der Waals surface area contributed by atoms with Crippen molar-refractivity contribution < 1.29 is 4.79 Å². The lowest BCUT2D eigenvalue weighted by Crippen LogP contribution is -2.34. The van der Waals surface area contributed by atoms with Crippen molar-refractivity contribution in [2.24, 2.45) is 0 Å². The Hall–Kier alpha value is -0.970. The van der Waals surface area contributed by atoms with Crippen LogP contribution in [0.4, 0.5) is 0 Å². The van der Waals surface area contributed by atoms with Gasteiger partial charge in [0.25, 0.3) is 5.91 Å². The molecule has 156 valence electrons. The summed E-state index contributed by atoms with van der Waals surface area (Å²) < 4.78 is 0. The van der Waals surface area contributed by atoms with E-state index in [0.717, 1.165) is 31.6 Å². The SMILES string of the molecule is O=C(NCC(CCN1CCCCC1)c1ccc(Cl)c(Cl)c1)c1cc(Cl)cc(Cl)c1. The van der Waals surface area contributed by atoms with Crippen molar-refractivity contribution in [2.75, 3.05) is 26.2 Å². The molecule has 1 atom stereocenters. The number of rotatable bonds is 7. The summed E-state index contributed by atoms with van der Waals surface area (Å²) >= 11 is 24.4. The molecule has 0 spiro atoms. The zero-order valence-electron chi connectivity index (χ0n) is 16.1. The van der Waals surface area contributed by atoms with Gasteiger partial charge in [-0.15, -0.1) is 0 Å². The van der Waals surface area contributed by atoms with Crippen molar-refractivity contribution in [1.82, 2.24) is 10.2 Å². The fourth-order valence-corrected chi connectivity index (χ4v) is 4.51. The molecule has 1 unspecified atom stereocenters. The Morgan fingerprint density at radius 3 is 2.28 bits per heavy atom. The van der Waals surface area contributed by atoms with Crippen LogP contribution in [0, 0.1) is 0 Å². The van der Waals surface area contributed by atoms with E-state index in [9.17, 15) is 4.79 Å². The van der Waals surface area contributed by atoms with Gasteiger partial charge in [-0.2, -0.15) is 0 Å². The smallest absolute Gasteiger partial charge is 0.251 e. The Balaban J connectivity index is 1.69. The van der Waals surface area contributed by atoms with Crippen LogP contribution in [0.15, 0.2) is 36.4 Å². The van der Waals surface area contributed by atoms with Crippen LogP contribution in [-0.4, -0.2) is 37.0 Å². The van der Waals surface area contributed by atoms with Crippen LogP contribution in [-0.2, 0) is 0 Å². The molecule has 1 aliphatic rings. The van der Waals surface area contributed by atoms with Gasteiger partial charge in [0.15, 0.2) is 0 Å². The predicted molar refractivity (Wildman–Crippen MR) is 123 cm³/mol. The molecule has 1 saturated heterocycles. The Morgan fingerprint density at radius 2 is 1.62 bits per heavy atom. The van der Waals surface area contributed by atoms with E-state index < -0.39 is 0 Å². The third kappa shape index (κ3) is 6.77.